The van der Waals surface area contributed by atoms with Crippen molar-refractivity contribution in [1.29, 1.82) is 0 Å². The van der Waals surface area contributed by atoms with Crippen LogP contribution < -0.4 is 34.7 Å². The van der Waals surface area contributed by atoms with E-state index in [-0.39, 0.29) is 46.6 Å². The van der Waals surface area contributed by atoms with Gasteiger partial charge in [-0.25, -0.2) is 0 Å². The Labute approximate surface area is 118 Å². The van der Waals surface area contributed by atoms with Crippen LogP contribution in [0.1, 0.15) is 0 Å². The van der Waals surface area contributed by atoms with Gasteiger partial charge in [0.25, 0.3) is 0 Å². The van der Waals surface area contributed by atoms with Gasteiger partial charge in [0, 0.05) is 0 Å². The summed E-state index contributed by atoms with van der Waals surface area (Å²) in [6.07, 6.45) is -8.08. The maximum Gasteiger partial charge on any atom is 3.00 e. The number of hydrogen-bond donors (Lipinski definition) is 5. The van der Waals surface area contributed by atoms with Crippen molar-refractivity contribution in [3.63, 3.8) is 0 Å². The van der Waals surface area contributed by atoms with E-state index >= 15 is 0 Å². The fourth-order valence-electron chi connectivity index (χ4n) is 0.662. The van der Waals surface area contributed by atoms with Gasteiger partial charge in [0.05, 0.1) is 12.6 Å². The van der Waals surface area contributed by atoms with Crippen molar-refractivity contribution in [2.45, 2.75) is 24.4 Å². The van der Waals surface area contributed by atoms with Gasteiger partial charge in [-0.05, 0) is 0 Å². The van der Waals surface area contributed by atoms with Gasteiger partial charge in [-0.15, -0.1) is 0 Å². The average molecular weight is 274 g/mol. The summed E-state index contributed by atoms with van der Waals surface area (Å²) in [5.74, 6) is -1.98. The van der Waals surface area contributed by atoms with Gasteiger partial charge in [-0.1, -0.05) is 0 Å². The summed E-state index contributed by atoms with van der Waals surface area (Å²) in [5, 5.41) is 53.4. The Morgan fingerprint density at radius 2 is 1.53 bits per heavy atom. The number of aliphatic hydroxyl groups is 5. The van der Waals surface area contributed by atoms with Crippen LogP contribution in [0.3, 0.4) is 0 Å². The normalized spacial score (nSPS) is 17.7. The number of aliphatic hydroxyl groups excluding tert-OH is 5. The molecule has 0 heterocycles. The molecular weight excluding hydrogens is 263 g/mol. The molecule has 9 heteroatoms. The van der Waals surface area contributed by atoms with E-state index < -0.39 is 37.0 Å². The second-order valence-corrected chi connectivity index (χ2v) is 2.49. The summed E-state index contributed by atoms with van der Waals surface area (Å²) in [5.41, 5.74) is 0. The number of carbonyl (C=O) groups is 1. The Morgan fingerprint density at radius 3 is 1.80 bits per heavy atom. The van der Waals surface area contributed by atoms with Crippen molar-refractivity contribution < 1.29 is 82.1 Å². The summed E-state index contributed by atoms with van der Waals surface area (Å²) >= 11 is 0. The summed E-state index contributed by atoms with van der Waals surface area (Å²) in [6, 6.07) is 0. The number of carboxylic acid groups (broad SMARTS) is 1. The number of carboxylic acids is 1. The second kappa shape index (κ2) is 9.98. The fourth-order valence-corrected chi connectivity index (χ4v) is 0.662. The van der Waals surface area contributed by atoms with E-state index in [1.807, 2.05) is 0 Å². The quantitative estimate of drug-likeness (QED) is 0.313. The molecule has 4 atom stereocenters. The molecule has 0 aliphatic heterocycles. The van der Waals surface area contributed by atoms with Crippen LogP contribution in [0.2, 0.25) is 0 Å². The van der Waals surface area contributed by atoms with Crippen LogP contribution in [0.25, 0.3) is 0 Å². The van der Waals surface area contributed by atoms with E-state index in [2.05, 4.69) is 0 Å². The minimum atomic E-state index is -2.31. The molecule has 0 aliphatic rings. The van der Waals surface area contributed by atoms with Gasteiger partial charge in [0.15, 0.2) is 0 Å². The largest absolute Gasteiger partial charge is 3.00 e. The van der Waals surface area contributed by atoms with Crippen LogP contribution in [-0.4, -0.2) is 62.5 Å². The Bertz CT molecular complexity index is 181. The third kappa shape index (κ3) is 6.85. The molecular formula is C6H11FeNaO7+3. The van der Waals surface area contributed by atoms with Gasteiger partial charge in [0.1, 0.15) is 24.4 Å². The molecule has 0 aromatic carbocycles. The number of aliphatic carboxylic acids is 1. The molecule has 15 heavy (non-hydrogen) atoms. The minimum absolute atomic E-state index is 0. The van der Waals surface area contributed by atoms with Gasteiger partial charge >= 0.3 is 46.6 Å². The molecule has 1 radical (unpaired) electrons. The summed E-state index contributed by atoms with van der Waals surface area (Å²) < 4.78 is 0. The van der Waals surface area contributed by atoms with Crippen LogP contribution in [-0.2, 0) is 21.9 Å². The molecule has 0 aromatic rings. The first kappa shape index (κ1) is 21.1. The van der Waals surface area contributed by atoms with Crippen LogP contribution in [0.5, 0.6) is 0 Å². The van der Waals surface area contributed by atoms with E-state index in [1.165, 1.54) is 0 Å². The maximum absolute atomic E-state index is 9.98. The molecule has 5 N–H and O–H groups in total. The average Bonchev–Trinajstić information content (AvgIpc) is 2.12. The molecule has 0 amide bonds. The molecule has 0 aliphatic carbocycles. The van der Waals surface area contributed by atoms with Gasteiger partial charge < -0.3 is 35.4 Å². The van der Waals surface area contributed by atoms with Gasteiger partial charge in [-0.3, -0.25) is 0 Å². The maximum atomic E-state index is 9.98. The van der Waals surface area contributed by atoms with Crippen LogP contribution >= 0.6 is 0 Å². The first-order valence-corrected chi connectivity index (χ1v) is 3.45. The van der Waals surface area contributed by atoms with E-state index in [9.17, 15) is 9.90 Å². The third-order valence-electron chi connectivity index (χ3n) is 1.50. The van der Waals surface area contributed by atoms with Crippen molar-refractivity contribution >= 4 is 5.97 Å². The zero-order valence-corrected chi connectivity index (χ0v) is 11.0. The fraction of sp³-hybridized carbons (Fsp3) is 0.833. The second-order valence-electron chi connectivity index (χ2n) is 2.49. The van der Waals surface area contributed by atoms with Crippen LogP contribution in [0.4, 0.5) is 0 Å². The molecule has 0 unspecified atom stereocenters. The molecule has 83 valence electrons. The van der Waals surface area contributed by atoms with Crippen molar-refractivity contribution in [2.75, 3.05) is 6.61 Å². The predicted octanol–water partition coefficient (Wildman–Crippen LogP) is -7.83. The third-order valence-corrected chi connectivity index (χ3v) is 1.50. The summed E-state index contributed by atoms with van der Waals surface area (Å²) in [4.78, 5) is 9.98. The number of rotatable bonds is 5. The van der Waals surface area contributed by atoms with Crippen molar-refractivity contribution in [3.8, 4) is 0 Å². The standard InChI is InChI=1S/C6H12O7.Fe.Na/c7-1-2(8)3(9)4(10)5(11)6(12)13;;/h2-5,7-11H,1H2,(H,12,13);;/q;+3;+1/p-1/t2-,3-,4+,5-;;/m1../s1. The van der Waals surface area contributed by atoms with Crippen molar-refractivity contribution in [1.82, 2.24) is 0 Å². The van der Waals surface area contributed by atoms with Crippen molar-refractivity contribution in [2.24, 2.45) is 0 Å². The minimum Gasteiger partial charge on any atom is -0.547 e. The van der Waals surface area contributed by atoms with E-state index in [1.54, 1.807) is 0 Å². The summed E-state index contributed by atoms with van der Waals surface area (Å²) in [7, 11) is 0. The molecule has 0 bridgehead atoms. The van der Waals surface area contributed by atoms with Gasteiger partial charge in [-0.2, -0.15) is 0 Å². The first-order valence-electron chi connectivity index (χ1n) is 3.45. The predicted molar refractivity (Wildman–Crippen MR) is 36.1 cm³/mol. The smallest absolute Gasteiger partial charge is 0.547 e. The number of carbonyl (C=O) groups excluding carboxylic acids is 1. The molecule has 0 rings (SSSR count). The Hall–Kier alpha value is 0.789. The van der Waals surface area contributed by atoms with E-state index in [0.717, 1.165) is 0 Å². The first-order chi connectivity index (χ1) is 5.91. The Morgan fingerprint density at radius 1 is 1.13 bits per heavy atom. The SMILES string of the molecule is O=C([O-])[C@H](O)[C@@H](O)[C@H](O)[C@H](O)CO.[Fe+3].[Na+]. The molecule has 0 saturated carbocycles. The van der Waals surface area contributed by atoms with Crippen molar-refractivity contribution in [3.05, 3.63) is 0 Å². The molecule has 0 aromatic heterocycles. The molecule has 7 nitrogen and oxygen atoms in total. The topological polar surface area (TPSA) is 141 Å². The van der Waals surface area contributed by atoms with E-state index in [4.69, 9.17) is 25.5 Å². The van der Waals surface area contributed by atoms with Crippen LogP contribution in [0, 0.1) is 0 Å². The number of hydrogen-bond acceptors (Lipinski definition) is 7. The zero-order chi connectivity index (χ0) is 10.6. The Kier molecular flexibility index (Phi) is 14.0. The monoisotopic (exact) mass is 274 g/mol. The molecule has 0 fully saturated rings. The zero-order valence-electron chi connectivity index (χ0n) is 7.92. The Balaban J connectivity index is -0.000000720. The summed E-state index contributed by atoms with van der Waals surface area (Å²) in [6.45, 7) is -0.863. The van der Waals surface area contributed by atoms with E-state index in [0.29, 0.717) is 0 Å². The van der Waals surface area contributed by atoms with Gasteiger partial charge in [0.2, 0.25) is 0 Å². The van der Waals surface area contributed by atoms with Crippen LogP contribution in [0.15, 0.2) is 0 Å². The molecule has 0 saturated heterocycles. The molecule has 0 spiro atoms.